The van der Waals surface area contributed by atoms with E-state index in [1.807, 2.05) is 0 Å². The van der Waals surface area contributed by atoms with Gasteiger partial charge >= 0.3 is 11.2 Å². The van der Waals surface area contributed by atoms with Gasteiger partial charge in [0, 0.05) is 13.0 Å². The number of benzene rings is 3. The third kappa shape index (κ3) is 7.04. The first-order chi connectivity index (χ1) is 15.5. The molecule has 0 aliphatic heterocycles. The highest BCUT2D eigenvalue weighted by Crippen LogP contribution is 2.41. The van der Waals surface area contributed by atoms with Crippen LogP contribution in [-0.2, 0) is 21.0 Å². The maximum atomic E-state index is 12.4. The Morgan fingerprint density at radius 3 is 1.33 bits per heavy atom. The second kappa shape index (κ2) is 11.6. The van der Waals surface area contributed by atoms with E-state index in [0.29, 0.717) is 0 Å². The number of hydrogen-bond donors (Lipinski definition) is 1. The second-order valence-corrected chi connectivity index (χ2v) is 10.2. The van der Waals surface area contributed by atoms with Gasteiger partial charge in [-0.3, -0.25) is 0 Å². The minimum atomic E-state index is -6.41. The molecule has 3 rings (SSSR count). The first-order valence-corrected chi connectivity index (χ1v) is 12.4. The molecule has 0 aliphatic carbocycles. The summed E-state index contributed by atoms with van der Waals surface area (Å²) in [5.41, 5.74) is 0. The Bertz CT molecular complexity index is 987. The number of rotatable bonds is 8. The molecular formula is C23H22F4O4S2. The molecule has 0 saturated heterocycles. The van der Waals surface area contributed by atoms with Gasteiger partial charge in [0.25, 0.3) is 0 Å². The first-order valence-electron chi connectivity index (χ1n) is 9.72. The monoisotopic (exact) mass is 502 g/mol. The number of halogens is 4. The zero-order valence-corrected chi connectivity index (χ0v) is 18.9. The van der Waals surface area contributed by atoms with Gasteiger partial charge in [-0.25, -0.2) is 8.42 Å². The lowest BCUT2D eigenvalue weighted by molar-refractivity contribution is -0.165. The molecule has 0 atom stereocenters. The zero-order chi connectivity index (χ0) is 24.5. The standard InChI is InChI=1S/C18H15S.C5H8F4O4S/c1-4-10-16(11-5-1)19(17-12-6-2-7-13-17)18-14-8-3-9-15-18;6-4(7,2-1-3-10)5(8,9)14(11,12)13/h1-15H;10H,1-3H2,(H,11,12,13)/q+1;/p-1. The average molecular weight is 503 g/mol. The molecule has 0 amide bonds. The molecular weight excluding hydrogens is 480 g/mol. The van der Waals surface area contributed by atoms with Crippen LogP contribution in [0.2, 0.25) is 0 Å². The van der Waals surface area contributed by atoms with E-state index in [1.54, 1.807) is 0 Å². The minimum Gasteiger partial charge on any atom is -0.743 e. The van der Waals surface area contributed by atoms with Crippen LogP contribution in [0.4, 0.5) is 17.6 Å². The molecule has 4 nitrogen and oxygen atoms in total. The van der Waals surface area contributed by atoms with Crippen molar-refractivity contribution in [2.45, 2.75) is 38.7 Å². The molecule has 10 heteroatoms. The van der Waals surface area contributed by atoms with Crippen molar-refractivity contribution in [3.05, 3.63) is 91.0 Å². The van der Waals surface area contributed by atoms with Crippen LogP contribution in [0, 0.1) is 0 Å². The Hall–Kier alpha value is -2.40. The summed E-state index contributed by atoms with van der Waals surface area (Å²) < 4.78 is 78.9. The quantitative estimate of drug-likeness (QED) is 0.257. The van der Waals surface area contributed by atoms with Crippen LogP contribution in [-0.4, -0.2) is 35.9 Å². The van der Waals surface area contributed by atoms with Crippen LogP contribution in [0.1, 0.15) is 12.8 Å². The third-order valence-electron chi connectivity index (χ3n) is 4.33. The summed E-state index contributed by atoms with van der Waals surface area (Å²) in [4.78, 5) is 4.08. The van der Waals surface area contributed by atoms with Crippen molar-refractivity contribution >= 4 is 21.0 Å². The number of aliphatic hydroxyl groups excluding tert-OH is 1. The van der Waals surface area contributed by atoms with Crippen LogP contribution in [0.5, 0.6) is 0 Å². The van der Waals surface area contributed by atoms with E-state index in [-0.39, 0.29) is 10.9 Å². The van der Waals surface area contributed by atoms with Crippen LogP contribution in [0.3, 0.4) is 0 Å². The summed E-state index contributed by atoms with van der Waals surface area (Å²) in [7, 11) is -6.42. The van der Waals surface area contributed by atoms with E-state index in [1.165, 1.54) is 14.7 Å². The summed E-state index contributed by atoms with van der Waals surface area (Å²) in [6, 6.07) is 32.2. The molecule has 0 fully saturated rings. The maximum absolute atomic E-state index is 12.4. The van der Waals surface area contributed by atoms with Gasteiger partial charge in [-0.1, -0.05) is 54.6 Å². The van der Waals surface area contributed by atoms with Gasteiger partial charge in [0.1, 0.15) is 0 Å². The molecule has 1 N–H and O–H groups in total. The lowest BCUT2D eigenvalue weighted by Gasteiger charge is -2.28. The van der Waals surface area contributed by atoms with E-state index in [9.17, 15) is 30.5 Å². The molecule has 0 aliphatic rings. The van der Waals surface area contributed by atoms with Crippen LogP contribution in [0.15, 0.2) is 106 Å². The zero-order valence-electron chi connectivity index (χ0n) is 17.3. The third-order valence-corrected chi connectivity index (χ3v) is 7.48. The fourth-order valence-corrected chi connectivity index (χ4v) is 5.28. The molecule has 3 aromatic carbocycles. The second-order valence-electron chi connectivity index (χ2n) is 6.75. The van der Waals surface area contributed by atoms with E-state index < -0.39 is 40.7 Å². The van der Waals surface area contributed by atoms with Gasteiger partial charge in [-0.05, 0) is 42.8 Å². The fourth-order valence-electron chi connectivity index (χ4n) is 2.71. The van der Waals surface area contributed by atoms with Crippen molar-refractivity contribution in [1.29, 1.82) is 0 Å². The van der Waals surface area contributed by atoms with Crippen molar-refractivity contribution < 1.29 is 35.6 Å². The summed E-state index contributed by atoms with van der Waals surface area (Å²) >= 11 is 0. The lowest BCUT2D eigenvalue weighted by Crippen LogP contribution is -2.46. The van der Waals surface area contributed by atoms with Gasteiger partial charge in [0.05, 0.1) is 10.9 Å². The largest absolute Gasteiger partial charge is 0.743 e. The van der Waals surface area contributed by atoms with Crippen molar-refractivity contribution in [3.63, 3.8) is 0 Å². The summed E-state index contributed by atoms with van der Waals surface area (Å²) in [5, 5.41) is 2.45. The van der Waals surface area contributed by atoms with Gasteiger partial charge in [-0.15, -0.1) is 0 Å². The summed E-state index contributed by atoms with van der Waals surface area (Å²) in [5.74, 6) is -4.96. The minimum absolute atomic E-state index is 0.0146. The predicted octanol–water partition coefficient (Wildman–Crippen LogP) is 5.31. The van der Waals surface area contributed by atoms with Gasteiger partial charge in [0.15, 0.2) is 24.8 Å². The highest BCUT2D eigenvalue weighted by atomic mass is 32.2. The first kappa shape index (κ1) is 26.8. The van der Waals surface area contributed by atoms with Crippen molar-refractivity contribution in [1.82, 2.24) is 0 Å². The van der Waals surface area contributed by atoms with E-state index in [0.717, 1.165) is 0 Å². The van der Waals surface area contributed by atoms with Crippen molar-refractivity contribution in [3.8, 4) is 0 Å². The number of aliphatic hydroxyl groups is 1. The molecule has 178 valence electrons. The Balaban J connectivity index is 0.000000248. The smallest absolute Gasteiger partial charge is 0.396 e. The molecule has 0 radical (unpaired) electrons. The number of alkyl halides is 4. The molecule has 0 aromatic heterocycles. The Morgan fingerprint density at radius 1 is 0.727 bits per heavy atom. The van der Waals surface area contributed by atoms with Crippen LogP contribution < -0.4 is 0 Å². The fraction of sp³-hybridized carbons (Fsp3) is 0.217. The summed E-state index contributed by atoms with van der Waals surface area (Å²) in [6.07, 6.45) is -2.30. The van der Waals surface area contributed by atoms with E-state index in [2.05, 4.69) is 91.0 Å². The van der Waals surface area contributed by atoms with Gasteiger partial charge in [-0.2, -0.15) is 17.6 Å². The van der Waals surface area contributed by atoms with E-state index in [4.69, 9.17) is 5.11 Å². The molecule has 0 heterocycles. The molecule has 0 saturated carbocycles. The Labute approximate surface area is 193 Å². The van der Waals surface area contributed by atoms with Crippen molar-refractivity contribution in [2.24, 2.45) is 0 Å². The van der Waals surface area contributed by atoms with Crippen LogP contribution in [0.25, 0.3) is 0 Å². The van der Waals surface area contributed by atoms with Gasteiger partial charge < -0.3 is 9.66 Å². The predicted molar refractivity (Wildman–Crippen MR) is 117 cm³/mol. The van der Waals surface area contributed by atoms with Gasteiger partial charge in [0.2, 0.25) is 0 Å². The number of hydrogen-bond acceptors (Lipinski definition) is 4. The van der Waals surface area contributed by atoms with E-state index >= 15 is 0 Å². The summed E-state index contributed by atoms with van der Waals surface area (Å²) in [6.45, 7) is -0.801. The maximum Gasteiger partial charge on any atom is 0.396 e. The average Bonchev–Trinajstić information content (AvgIpc) is 2.80. The normalized spacial score (nSPS) is 12.2. The topological polar surface area (TPSA) is 77.4 Å². The lowest BCUT2D eigenvalue weighted by atomic mass is 10.2. The highest BCUT2D eigenvalue weighted by molar-refractivity contribution is 7.97. The molecule has 0 bridgehead atoms. The molecule has 33 heavy (non-hydrogen) atoms. The Kier molecular flexibility index (Phi) is 9.47. The Morgan fingerprint density at radius 2 is 1.06 bits per heavy atom. The van der Waals surface area contributed by atoms with Crippen LogP contribution >= 0.6 is 0 Å². The SMILES string of the molecule is O=S(=O)([O-])C(F)(F)C(F)(F)CCCO.c1ccc([S+](c2ccccc2)c2ccccc2)cc1. The molecule has 0 unspecified atom stereocenters. The molecule has 3 aromatic rings. The highest BCUT2D eigenvalue weighted by Gasteiger charge is 2.60. The van der Waals surface area contributed by atoms with Crippen molar-refractivity contribution in [2.75, 3.05) is 6.61 Å². The molecule has 0 spiro atoms.